The molecule has 0 saturated carbocycles. The number of amides is 1. The van der Waals surface area contributed by atoms with E-state index in [9.17, 15) is 18.0 Å². The number of ether oxygens (including phenoxy) is 1. The number of carbonyl (C=O) groups is 1. The number of halogens is 4. The van der Waals surface area contributed by atoms with E-state index in [1.54, 1.807) is 0 Å². The van der Waals surface area contributed by atoms with Gasteiger partial charge in [0.1, 0.15) is 6.61 Å². The summed E-state index contributed by atoms with van der Waals surface area (Å²) in [4.78, 5) is 11.3. The number of alkyl halides is 3. The molecule has 0 heterocycles. The maximum absolute atomic E-state index is 12.6. The van der Waals surface area contributed by atoms with Crippen molar-refractivity contribution in [3.05, 3.63) is 28.8 Å². The second kappa shape index (κ2) is 6.74. The van der Waals surface area contributed by atoms with Crippen LogP contribution in [0, 0.1) is 0 Å². The van der Waals surface area contributed by atoms with Gasteiger partial charge in [-0.3, -0.25) is 4.79 Å². The Bertz CT molecular complexity index is 452. The first-order valence-corrected chi connectivity index (χ1v) is 5.67. The molecule has 0 spiro atoms. The highest BCUT2D eigenvalue weighted by atomic mass is 35.5. The van der Waals surface area contributed by atoms with Crippen LogP contribution in [0.1, 0.15) is 5.56 Å². The molecule has 8 heteroatoms. The maximum atomic E-state index is 12.6. The molecule has 1 aromatic carbocycles. The highest BCUT2D eigenvalue weighted by molar-refractivity contribution is 6.31. The van der Waals surface area contributed by atoms with E-state index in [1.165, 1.54) is 6.07 Å². The van der Waals surface area contributed by atoms with Crippen LogP contribution in [0.2, 0.25) is 5.02 Å². The number of anilines is 1. The minimum atomic E-state index is -4.58. The van der Waals surface area contributed by atoms with Gasteiger partial charge in [-0.25, -0.2) is 0 Å². The lowest BCUT2D eigenvalue weighted by Crippen LogP contribution is -2.21. The number of hydrogen-bond acceptors (Lipinski definition) is 3. The molecule has 0 aromatic heterocycles. The molecule has 0 unspecified atom stereocenters. The zero-order chi connectivity index (χ0) is 14.5. The Balaban J connectivity index is 2.72. The minimum absolute atomic E-state index is 0.00178. The van der Waals surface area contributed by atoms with Crippen molar-refractivity contribution in [2.24, 2.45) is 5.73 Å². The molecule has 0 radical (unpaired) electrons. The van der Waals surface area contributed by atoms with Gasteiger partial charge in [-0.15, -0.1) is 0 Å². The highest BCUT2D eigenvalue weighted by Crippen LogP contribution is 2.36. The predicted octanol–water partition coefficient (Wildman–Crippen LogP) is 2.27. The summed E-state index contributed by atoms with van der Waals surface area (Å²) < 4.78 is 42.6. The quantitative estimate of drug-likeness (QED) is 0.819. The van der Waals surface area contributed by atoms with Crippen LogP contribution in [-0.2, 0) is 15.7 Å². The van der Waals surface area contributed by atoms with Gasteiger partial charge in [0.2, 0.25) is 5.91 Å². The van der Waals surface area contributed by atoms with Gasteiger partial charge >= 0.3 is 6.18 Å². The molecule has 0 atom stereocenters. The Hall–Kier alpha value is -1.31. The first-order chi connectivity index (χ1) is 8.84. The summed E-state index contributed by atoms with van der Waals surface area (Å²) in [6, 6.07) is 3.11. The van der Waals surface area contributed by atoms with E-state index < -0.39 is 22.7 Å². The average molecular weight is 297 g/mol. The first kappa shape index (κ1) is 15.7. The Morgan fingerprint density at radius 1 is 1.42 bits per heavy atom. The van der Waals surface area contributed by atoms with E-state index in [4.69, 9.17) is 22.1 Å². The first-order valence-electron chi connectivity index (χ1n) is 5.29. The zero-order valence-corrected chi connectivity index (χ0v) is 10.5. The van der Waals surface area contributed by atoms with Crippen molar-refractivity contribution in [1.29, 1.82) is 0 Å². The summed E-state index contributed by atoms with van der Waals surface area (Å²) in [6.07, 6.45) is -4.58. The summed E-state index contributed by atoms with van der Waals surface area (Å²) in [5.74, 6) is -0.566. The highest BCUT2D eigenvalue weighted by Gasteiger charge is 2.33. The lowest BCUT2D eigenvalue weighted by molar-refractivity contribution is -0.137. The van der Waals surface area contributed by atoms with E-state index in [-0.39, 0.29) is 25.4 Å². The van der Waals surface area contributed by atoms with Crippen molar-refractivity contribution in [2.75, 3.05) is 25.1 Å². The molecule has 0 bridgehead atoms. The summed E-state index contributed by atoms with van der Waals surface area (Å²) >= 11 is 5.45. The summed E-state index contributed by atoms with van der Waals surface area (Å²) in [6.45, 7) is 0.176. The van der Waals surface area contributed by atoms with Crippen molar-refractivity contribution < 1.29 is 22.7 Å². The Morgan fingerprint density at radius 3 is 2.68 bits per heavy atom. The standard InChI is InChI=1S/C11H12ClF3N2O2/c12-9-2-1-7(5-8(9)11(13,14)15)17-10(18)6-19-4-3-16/h1-2,5H,3-4,6,16H2,(H,17,18). The van der Waals surface area contributed by atoms with Crippen molar-refractivity contribution in [1.82, 2.24) is 0 Å². The van der Waals surface area contributed by atoms with Gasteiger partial charge in [-0.05, 0) is 18.2 Å². The van der Waals surface area contributed by atoms with Crippen LogP contribution in [0.5, 0.6) is 0 Å². The van der Waals surface area contributed by atoms with Crippen LogP contribution in [0.15, 0.2) is 18.2 Å². The van der Waals surface area contributed by atoms with Gasteiger partial charge in [-0.1, -0.05) is 11.6 Å². The molecule has 4 nitrogen and oxygen atoms in total. The van der Waals surface area contributed by atoms with Gasteiger partial charge in [-0.2, -0.15) is 13.2 Å². The average Bonchev–Trinajstić information content (AvgIpc) is 2.30. The maximum Gasteiger partial charge on any atom is 0.417 e. The van der Waals surface area contributed by atoms with Gasteiger partial charge in [0, 0.05) is 12.2 Å². The predicted molar refractivity (Wildman–Crippen MR) is 65.0 cm³/mol. The van der Waals surface area contributed by atoms with Crippen LogP contribution < -0.4 is 11.1 Å². The topological polar surface area (TPSA) is 64.3 Å². The van der Waals surface area contributed by atoms with Crippen molar-refractivity contribution >= 4 is 23.2 Å². The van der Waals surface area contributed by atoms with Crippen LogP contribution >= 0.6 is 11.6 Å². The van der Waals surface area contributed by atoms with Gasteiger partial charge in [0.05, 0.1) is 17.2 Å². The molecule has 0 fully saturated rings. The number of nitrogens with one attached hydrogen (secondary N) is 1. The minimum Gasteiger partial charge on any atom is -0.370 e. The monoisotopic (exact) mass is 296 g/mol. The second-order valence-corrected chi connectivity index (χ2v) is 3.99. The van der Waals surface area contributed by atoms with E-state index in [2.05, 4.69) is 5.32 Å². The molecule has 0 aliphatic rings. The summed E-state index contributed by atoms with van der Waals surface area (Å²) in [5, 5.41) is 1.85. The van der Waals surface area contributed by atoms with E-state index in [0.717, 1.165) is 12.1 Å². The molecule has 1 rings (SSSR count). The molecule has 0 aliphatic carbocycles. The second-order valence-electron chi connectivity index (χ2n) is 3.58. The third-order valence-electron chi connectivity index (χ3n) is 2.05. The number of nitrogens with two attached hydrogens (primary N) is 1. The number of hydrogen-bond donors (Lipinski definition) is 2. The smallest absolute Gasteiger partial charge is 0.370 e. The van der Waals surface area contributed by atoms with Crippen LogP contribution in [0.3, 0.4) is 0 Å². The fourth-order valence-electron chi connectivity index (χ4n) is 1.27. The van der Waals surface area contributed by atoms with Crippen LogP contribution in [-0.4, -0.2) is 25.7 Å². The van der Waals surface area contributed by atoms with E-state index >= 15 is 0 Å². The molecule has 1 amide bonds. The van der Waals surface area contributed by atoms with Crippen molar-refractivity contribution in [3.8, 4) is 0 Å². The van der Waals surface area contributed by atoms with Crippen LogP contribution in [0.4, 0.5) is 18.9 Å². The Morgan fingerprint density at radius 2 is 2.11 bits per heavy atom. The third kappa shape index (κ3) is 5.06. The Kier molecular flexibility index (Phi) is 5.59. The van der Waals surface area contributed by atoms with Gasteiger partial charge in [0.15, 0.2) is 0 Å². The lowest BCUT2D eigenvalue weighted by Gasteiger charge is -2.11. The SMILES string of the molecule is NCCOCC(=O)Nc1ccc(Cl)c(C(F)(F)F)c1. The molecule has 106 valence electrons. The summed E-state index contributed by atoms with van der Waals surface area (Å²) in [5.41, 5.74) is 4.15. The lowest BCUT2D eigenvalue weighted by atomic mass is 10.2. The molecule has 3 N–H and O–H groups in total. The molecular formula is C11H12ClF3N2O2. The van der Waals surface area contributed by atoms with Gasteiger partial charge < -0.3 is 15.8 Å². The molecule has 19 heavy (non-hydrogen) atoms. The molecule has 0 aliphatic heterocycles. The van der Waals surface area contributed by atoms with E-state index in [0.29, 0.717) is 0 Å². The molecule has 0 saturated heterocycles. The molecular weight excluding hydrogens is 285 g/mol. The molecule has 1 aromatic rings. The fourth-order valence-corrected chi connectivity index (χ4v) is 1.49. The third-order valence-corrected chi connectivity index (χ3v) is 2.38. The van der Waals surface area contributed by atoms with E-state index in [1.807, 2.05) is 0 Å². The number of benzene rings is 1. The zero-order valence-electron chi connectivity index (χ0n) is 9.76. The largest absolute Gasteiger partial charge is 0.417 e. The number of rotatable bonds is 5. The Labute approximate surface area is 112 Å². The van der Waals surface area contributed by atoms with Gasteiger partial charge in [0.25, 0.3) is 0 Å². The van der Waals surface area contributed by atoms with Crippen molar-refractivity contribution in [2.45, 2.75) is 6.18 Å². The van der Waals surface area contributed by atoms with Crippen molar-refractivity contribution in [3.63, 3.8) is 0 Å². The van der Waals surface area contributed by atoms with Crippen LogP contribution in [0.25, 0.3) is 0 Å². The normalized spacial score (nSPS) is 11.4. The fraction of sp³-hybridized carbons (Fsp3) is 0.364. The summed E-state index contributed by atoms with van der Waals surface area (Å²) in [7, 11) is 0. The number of carbonyl (C=O) groups excluding carboxylic acids is 1.